The third-order valence-corrected chi connectivity index (χ3v) is 3.48. The smallest absolute Gasteiger partial charge is 0.253 e. The van der Waals surface area contributed by atoms with E-state index in [1.54, 1.807) is 30.1 Å². The molecule has 0 saturated heterocycles. The molecule has 0 fully saturated rings. The number of hydrogen-bond donors (Lipinski definition) is 0. The molecule has 1 amide bonds. The highest BCUT2D eigenvalue weighted by molar-refractivity contribution is 9.10. The number of amides is 1. The van der Waals surface area contributed by atoms with Gasteiger partial charge < -0.3 is 4.90 Å². The Kier molecular flexibility index (Phi) is 4.17. The zero-order chi connectivity index (χ0) is 11.6. The fraction of sp³-hybridized carbons (Fsp3) is 0.364. The van der Waals surface area contributed by atoms with Crippen LogP contribution in [0.2, 0.25) is 5.02 Å². The predicted molar refractivity (Wildman–Crippen MR) is 66.4 cm³/mol. The summed E-state index contributed by atoms with van der Waals surface area (Å²) in [5, 5.41) is 0.610. The number of carbonyl (C=O) groups excluding carboxylic acids is 1. The molecule has 0 spiro atoms. The van der Waals surface area contributed by atoms with Gasteiger partial charge in [0.25, 0.3) is 5.91 Å². The SMILES string of the molecule is CC(C)N(C)C(=O)c1ccc(Cl)c(Br)c1. The molecule has 1 aromatic carbocycles. The van der Waals surface area contributed by atoms with Gasteiger partial charge in [-0.05, 0) is 48.0 Å². The summed E-state index contributed by atoms with van der Waals surface area (Å²) in [6.45, 7) is 3.95. The molecule has 0 bridgehead atoms. The van der Waals surface area contributed by atoms with E-state index in [4.69, 9.17) is 11.6 Å². The Labute approximate surface area is 103 Å². The van der Waals surface area contributed by atoms with Crippen molar-refractivity contribution in [1.29, 1.82) is 0 Å². The molecule has 0 aliphatic carbocycles. The summed E-state index contributed by atoms with van der Waals surface area (Å²) in [5.41, 5.74) is 0.641. The van der Waals surface area contributed by atoms with Crippen molar-refractivity contribution in [3.8, 4) is 0 Å². The molecule has 1 rings (SSSR count). The number of rotatable bonds is 2. The van der Waals surface area contributed by atoms with Crippen LogP contribution in [-0.4, -0.2) is 23.9 Å². The van der Waals surface area contributed by atoms with Crippen LogP contribution in [0.5, 0.6) is 0 Å². The van der Waals surface area contributed by atoms with E-state index >= 15 is 0 Å². The molecule has 2 nitrogen and oxygen atoms in total. The second-order valence-corrected chi connectivity index (χ2v) is 4.90. The molecule has 0 unspecified atom stereocenters. The van der Waals surface area contributed by atoms with Gasteiger partial charge in [-0.1, -0.05) is 11.6 Å². The van der Waals surface area contributed by atoms with Crippen LogP contribution in [-0.2, 0) is 0 Å². The van der Waals surface area contributed by atoms with Crippen molar-refractivity contribution < 1.29 is 4.79 Å². The topological polar surface area (TPSA) is 20.3 Å². The zero-order valence-corrected chi connectivity index (χ0v) is 11.3. The molecule has 0 aromatic heterocycles. The van der Waals surface area contributed by atoms with Crippen molar-refractivity contribution in [2.24, 2.45) is 0 Å². The van der Waals surface area contributed by atoms with Crippen molar-refractivity contribution in [3.05, 3.63) is 33.3 Å². The minimum absolute atomic E-state index is 0.00219. The third kappa shape index (κ3) is 2.95. The summed E-state index contributed by atoms with van der Waals surface area (Å²) in [6, 6.07) is 5.37. The van der Waals surface area contributed by atoms with E-state index in [2.05, 4.69) is 15.9 Å². The quantitative estimate of drug-likeness (QED) is 0.815. The summed E-state index contributed by atoms with van der Waals surface area (Å²) in [5.74, 6) is 0.00219. The van der Waals surface area contributed by atoms with Crippen LogP contribution >= 0.6 is 27.5 Å². The van der Waals surface area contributed by atoms with Gasteiger partial charge in [-0.3, -0.25) is 4.79 Å². The normalized spacial score (nSPS) is 10.5. The predicted octanol–water partition coefficient (Wildman–Crippen LogP) is 3.58. The molecule has 82 valence electrons. The Morgan fingerprint density at radius 3 is 2.53 bits per heavy atom. The number of benzene rings is 1. The fourth-order valence-electron chi connectivity index (χ4n) is 1.07. The lowest BCUT2D eigenvalue weighted by Crippen LogP contribution is -2.32. The number of carbonyl (C=O) groups is 1. The van der Waals surface area contributed by atoms with Gasteiger partial charge in [0.15, 0.2) is 0 Å². The number of nitrogens with zero attached hydrogens (tertiary/aromatic N) is 1. The summed E-state index contributed by atoms with van der Waals surface area (Å²) < 4.78 is 0.743. The lowest BCUT2D eigenvalue weighted by molar-refractivity contribution is 0.0755. The van der Waals surface area contributed by atoms with Gasteiger partial charge in [0.2, 0.25) is 0 Å². The van der Waals surface area contributed by atoms with Crippen LogP contribution in [0.3, 0.4) is 0 Å². The van der Waals surface area contributed by atoms with Crippen LogP contribution in [0.4, 0.5) is 0 Å². The molecule has 0 aliphatic rings. The van der Waals surface area contributed by atoms with Gasteiger partial charge in [0, 0.05) is 23.1 Å². The van der Waals surface area contributed by atoms with E-state index in [0.29, 0.717) is 10.6 Å². The molecule has 0 radical (unpaired) electrons. The highest BCUT2D eigenvalue weighted by Gasteiger charge is 2.14. The van der Waals surface area contributed by atoms with Gasteiger partial charge >= 0.3 is 0 Å². The summed E-state index contributed by atoms with van der Waals surface area (Å²) in [4.78, 5) is 13.6. The second-order valence-electron chi connectivity index (χ2n) is 3.64. The van der Waals surface area contributed by atoms with Crippen LogP contribution in [0.15, 0.2) is 22.7 Å². The van der Waals surface area contributed by atoms with Gasteiger partial charge in [-0.25, -0.2) is 0 Å². The van der Waals surface area contributed by atoms with Crippen molar-refractivity contribution in [2.45, 2.75) is 19.9 Å². The maximum Gasteiger partial charge on any atom is 0.253 e. The molecular weight excluding hydrogens is 277 g/mol. The van der Waals surface area contributed by atoms with Gasteiger partial charge in [0.05, 0.1) is 5.02 Å². The van der Waals surface area contributed by atoms with Gasteiger partial charge in [0.1, 0.15) is 0 Å². The molecule has 0 N–H and O–H groups in total. The third-order valence-electron chi connectivity index (χ3n) is 2.26. The first kappa shape index (κ1) is 12.5. The Bertz CT molecular complexity index is 379. The Hall–Kier alpha value is -0.540. The molecule has 0 aliphatic heterocycles. The first-order chi connectivity index (χ1) is 6.93. The van der Waals surface area contributed by atoms with Crippen LogP contribution in [0.25, 0.3) is 0 Å². The Morgan fingerprint density at radius 1 is 1.47 bits per heavy atom. The average molecular weight is 291 g/mol. The molecule has 0 saturated carbocycles. The van der Waals surface area contributed by atoms with E-state index < -0.39 is 0 Å². The van der Waals surface area contributed by atoms with E-state index in [1.807, 2.05) is 13.8 Å². The average Bonchev–Trinajstić information content (AvgIpc) is 2.19. The lowest BCUT2D eigenvalue weighted by Gasteiger charge is -2.21. The minimum atomic E-state index is 0.00219. The maximum absolute atomic E-state index is 11.9. The van der Waals surface area contributed by atoms with Crippen LogP contribution in [0.1, 0.15) is 24.2 Å². The molecule has 1 aromatic rings. The maximum atomic E-state index is 11.9. The molecule has 15 heavy (non-hydrogen) atoms. The highest BCUT2D eigenvalue weighted by Crippen LogP contribution is 2.23. The first-order valence-electron chi connectivity index (χ1n) is 4.65. The summed E-state index contributed by atoms with van der Waals surface area (Å²) in [6.07, 6.45) is 0. The first-order valence-corrected chi connectivity index (χ1v) is 5.82. The Morgan fingerprint density at radius 2 is 2.07 bits per heavy atom. The van der Waals surface area contributed by atoms with E-state index in [9.17, 15) is 4.79 Å². The second kappa shape index (κ2) is 4.99. The van der Waals surface area contributed by atoms with E-state index in [1.165, 1.54) is 0 Å². The Balaban J connectivity index is 2.97. The van der Waals surface area contributed by atoms with Crippen LogP contribution < -0.4 is 0 Å². The van der Waals surface area contributed by atoms with Gasteiger partial charge in [-0.15, -0.1) is 0 Å². The van der Waals surface area contributed by atoms with Crippen molar-refractivity contribution >= 4 is 33.4 Å². The van der Waals surface area contributed by atoms with E-state index in [-0.39, 0.29) is 11.9 Å². The standard InChI is InChI=1S/C11H13BrClNO/c1-7(2)14(3)11(15)8-4-5-10(13)9(12)6-8/h4-7H,1-3H3. The molecule has 0 heterocycles. The van der Waals surface area contributed by atoms with Crippen molar-refractivity contribution in [3.63, 3.8) is 0 Å². The number of hydrogen-bond acceptors (Lipinski definition) is 1. The van der Waals surface area contributed by atoms with Crippen molar-refractivity contribution in [2.75, 3.05) is 7.05 Å². The minimum Gasteiger partial charge on any atom is -0.339 e. The van der Waals surface area contributed by atoms with E-state index in [0.717, 1.165) is 4.47 Å². The largest absolute Gasteiger partial charge is 0.339 e. The summed E-state index contributed by atoms with van der Waals surface area (Å²) >= 11 is 9.15. The lowest BCUT2D eigenvalue weighted by atomic mass is 10.2. The number of halogens is 2. The highest BCUT2D eigenvalue weighted by atomic mass is 79.9. The molecule has 0 atom stereocenters. The van der Waals surface area contributed by atoms with Crippen molar-refractivity contribution in [1.82, 2.24) is 4.90 Å². The van der Waals surface area contributed by atoms with Crippen LogP contribution in [0, 0.1) is 0 Å². The monoisotopic (exact) mass is 289 g/mol. The summed E-state index contributed by atoms with van der Waals surface area (Å²) in [7, 11) is 1.79. The fourth-order valence-corrected chi connectivity index (χ4v) is 1.56. The van der Waals surface area contributed by atoms with Gasteiger partial charge in [-0.2, -0.15) is 0 Å². The zero-order valence-electron chi connectivity index (χ0n) is 8.92. The molecule has 4 heteroatoms. The molecular formula is C11H13BrClNO.